The van der Waals surface area contributed by atoms with Crippen molar-refractivity contribution in [1.82, 2.24) is 0 Å². The molecule has 0 spiro atoms. The predicted octanol–water partition coefficient (Wildman–Crippen LogP) is -2.86. The summed E-state index contributed by atoms with van der Waals surface area (Å²) in [6, 6.07) is 0. The Balaban J connectivity index is 2.45. The molecular formula is C2H11B5. The van der Waals surface area contributed by atoms with Gasteiger partial charge in [-0.05, 0) is 0 Å². The van der Waals surface area contributed by atoms with E-state index in [2.05, 4.69) is 15.6 Å². The third-order valence-electron chi connectivity index (χ3n) is 1.21. The fourth-order valence-electron chi connectivity index (χ4n) is 0.677. The van der Waals surface area contributed by atoms with E-state index in [4.69, 9.17) is 0 Å². The van der Waals surface area contributed by atoms with Gasteiger partial charge in [-0.25, -0.2) is 0 Å². The van der Waals surface area contributed by atoms with Gasteiger partial charge >= 0.3 is 0 Å². The standard InChI is InChI=1S/C2H11B5/c3-1-5-2-6-7-4/h5-7H,1-4H2. The molecule has 5 heteroatoms. The second-order valence-electron chi connectivity index (χ2n) is 2.06. The van der Waals surface area contributed by atoms with Gasteiger partial charge in [-0.1, -0.05) is 0 Å². The van der Waals surface area contributed by atoms with Crippen LogP contribution in [-0.2, 0) is 0 Å². The SMILES string of the molecule is BBBCBCB. The summed E-state index contributed by atoms with van der Waals surface area (Å²) in [5, 5.41) is 0. The Labute approximate surface area is 50.3 Å². The molecule has 0 bridgehead atoms. The van der Waals surface area contributed by atoms with E-state index >= 15 is 0 Å². The van der Waals surface area contributed by atoms with Crippen molar-refractivity contribution >= 4 is 37.1 Å². The van der Waals surface area contributed by atoms with Gasteiger partial charge in [-0.2, -0.15) is 0 Å². The molecule has 0 saturated carbocycles. The molecule has 0 aliphatic rings. The van der Waals surface area contributed by atoms with Crippen LogP contribution in [0.5, 0.6) is 0 Å². The molecule has 0 aromatic heterocycles. The van der Waals surface area contributed by atoms with Gasteiger partial charge in [0.25, 0.3) is 0 Å². The molecule has 0 nitrogen and oxygen atoms in total. The van der Waals surface area contributed by atoms with E-state index in [-0.39, 0.29) is 0 Å². The van der Waals surface area contributed by atoms with Gasteiger partial charge in [0.2, 0.25) is 0 Å². The van der Waals surface area contributed by atoms with Gasteiger partial charge in [0.15, 0.2) is 0 Å². The zero-order chi connectivity index (χ0) is 5.54. The molecule has 0 saturated heterocycles. The summed E-state index contributed by atoms with van der Waals surface area (Å²) in [6.07, 6.45) is 2.80. The lowest BCUT2D eigenvalue weighted by atomic mass is 9.23. The lowest BCUT2D eigenvalue weighted by molar-refractivity contribution is 1.90. The van der Waals surface area contributed by atoms with Crippen LogP contribution in [-0.4, -0.2) is 37.1 Å². The average Bonchev–Trinajstić information content (AvgIpc) is 1.69. The fraction of sp³-hybridized carbons (Fsp3) is 1.00. The molecule has 0 aromatic carbocycles. The number of hydrogen-bond donors (Lipinski definition) is 0. The summed E-state index contributed by atoms with van der Waals surface area (Å²) in [4.78, 5) is 0. The summed E-state index contributed by atoms with van der Waals surface area (Å²) in [7, 11) is 8.70. The Morgan fingerprint density at radius 2 is 2.14 bits per heavy atom. The quantitative estimate of drug-likeness (QED) is 0.257. The van der Waals surface area contributed by atoms with Gasteiger partial charge in [0, 0.05) is 0 Å². The highest BCUT2D eigenvalue weighted by Crippen LogP contribution is 1.74. The van der Waals surface area contributed by atoms with E-state index in [1.807, 2.05) is 0 Å². The van der Waals surface area contributed by atoms with Crippen LogP contribution < -0.4 is 0 Å². The van der Waals surface area contributed by atoms with Gasteiger partial charge in [0.1, 0.15) is 7.28 Å². The molecule has 0 rings (SSSR count). The van der Waals surface area contributed by atoms with Gasteiger partial charge < -0.3 is 0 Å². The van der Waals surface area contributed by atoms with Crippen molar-refractivity contribution in [2.45, 2.75) is 12.4 Å². The second kappa shape index (κ2) is 6.32. The molecule has 0 aliphatic carbocycles. The first-order chi connectivity index (χ1) is 3.41. The Morgan fingerprint density at radius 3 is 2.57 bits per heavy atom. The number of hydrogen-bond acceptors (Lipinski definition) is 0. The largest absolute Gasteiger partial charge is 0.109 e. The maximum Gasteiger partial charge on any atom is 0.104 e. The Kier molecular flexibility index (Phi) is 6.62. The third kappa shape index (κ3) is 6.32. The van der Waals surface area contributed by atoms with E-state index in [0.717, 1.165) is 0 Å². The van der Waals surface area contributed by atoms with Crippen molar-refractivity contribution in [1.29, 1.82) is 0 Å². The molecule has 0 heterocycles. The highest BCUT2D eigenvalue weighted by Gasteiger charge is 1.86. The normalized spacial score (nSPS) is 7.43. The summed E-state index contributed by atoms with van der Waals surface area (Å²) >= 11 is 0. The zero-order valence-electron chi connectivity index (χ0n) is 5.54. The van der Waals surface area contributed by atoms with E-state index < -0.39 is 0 Å². The van der Waals surface area contributed by atoms with E-state index in [1.54, 1.807) is 0 Å². The molecule has 0 fully saturated rings. The predicted molar refractivity (Wildman–Crippen MR) is 48.1 cm³/mol. The maximum absolute atomic E-state index is 2.25. The fourth-order valence-corrected chi connectivity index (χ4v) is 0.677. The van der Waals surface area contributed by atoms with Gasteiger partial charge in [-0.3, -0.25) is 0 Å². The van der Waals surface area contributed by atoms with Crippen molar-refractivity contribution in [2.24, 2.45) is 0 Å². The van der Waals surface area contributed by atoms with Crippen molar-refractivity contribution < 1.29 is 0 Å². The van der Waals surface area contributed by atoms with Crippen LogP contribution >= 0.6 is 0 Å². The summed E-state index contributed by atoms with van der Waals surface area (Å²) < 4.78 is 0. The molecule has 0 N–H and O–H groups in total. The van der Waals surface area contributed by atoms with E-state index in [0.29, 0.717) is 0 Å². The monoisotopic (exact) mass is 90.1 g/mol. The molecule has 0 amide bonds. The van der Waals surface area contributed by atoms with Crippen molar-refractivity contribution in [3.8, 4) is 0 Å². The first-order valence-corrected chi connectivity index (χ1v) is 3.41. The highest BCUT2D eigenvalue weighted by molar-refractivity contribution is 7.25. The van der Waals surface area contributed by atoms with Crippen LogP contribution in [0.25, 0.3) is 0 Å². The first-order valence-electron chi connectivity index (χ1n) is 3.41. The molecule has 0 unspecified atom stereocenters. The van der Waals surface area contributed by atoms with Crippen LogP contribution in [0.15, 0.2) is 0 Å². The van der Waals surface area contributed by atoms with Crippen LogP contribution in [0.3, 0.4) is 0 Å². The van der Waals surface area contributed by atoms with E-state index in [9.17, 15) is 0 Å². The molecule has 0 aromatic rings. The average molecular weight is 89.2 g/mol. The van der Waals surface area contributed by atoms with Crippen molar-refractivity contribution in [3.63, 3.8) is 0 Å². The highest BCUT2D eigenvalue weighted by atomic mass is 13.3. The minimum atomic E-state index is 1.36. The molecule has 0 aliphatic heterocycles. The topological polar surface area (TPSA) is 0 Å². The molecular weight excluding hydrogens is 78.1 g/mol. The van der Waals surface area contributed by atoms with Crippen LogP contribution in [0.4, 0.5) is 0 Å². The van der Waals surface area contributed by atoms with Gasteiger partial charge in [-0.15, -0.1) is 12.4 Å². The summed E-state index contributed by atoms with van der Waals surface area (Å²) in [6.45, 7) is 0. The molecule has 34 valence electrons. The first kappa shape index (κ1) is 7.32. The maximum atomic E-state index is 2.25. The van der Waals surface area contributed by atoms with Crippen LogP contribution in [0.2, 0.25) is 12.4 Å². The molecule has 0 radical (unpaired) electrons. The molecule has 0 atom stereocenters. The van der Waals surface area contributed by atoms with Crippen molar-refractivity contribution in [2.75, 3.05) is 0 Å². The minimum absolute atomic E-state index is 1.36. The third-order valence-corrected chi connectivity index (χ3v) is 1.21. The Hall–Kier alpha value is 0.325. The Morgan fingerprint density at radius 1 is 1.43 bits per heavy atom. The lowest BCUT2D eigenvalue weighted by Gasteiger charge is -1.84. The minimum Gasteiger partial charge on any atom is -0.109 e. The summed E-state index contributed by atoms with van der Waals surface area (Å²) in [5.74, 6) is 0. The van der Waals surface area contributed by atoms with E-state index in [1.165, 1.54) is 33.9 Å². The van der Waals surface area contributed by atoms with Crippen LogP contribution in [0.1, 0.15) is 0 Å². The smallest absolute Gasteiger partial charge is 0.104 e. The Bertz CT molecular complexity index is 25.3. The molecule has 7 heavy (non-hydrogen) atoms. The second-order valence-corrected chi connectivity index (χ2v) is 2.06. The zero-order valence-corrected chi connectivity index (χ0v) is 5.54. The van der Waals surface area contributed by atoms with Gasteiger partial charge in [0.05, 0.1) is 29.8 Å². The lowest BCUT2D eigenvalue weighted by Crippen LogP contribution is -2.05. The summed E-state index contributed by atoms with van der Waals surface area (Å²) in [5.41, 5.74) is 0. The van der Waals surface area contributed by atoms with Crippen molar-refractivity contribution in [3.05, 3.63) is 0 Å². The number of rotatable bonds is 4. The van der Waals surface area contributed by atoms with Crippen LogP contribution in [0, 0.1) is 0 Å².